The van der Waals surface area contributed by atoms with E-state index in [2.05, 4.69) is 10.6 Å². The summed E-state index contributed by atoms with van der Waals surface area (Å²) in [5.74, 6) is -1.62. The van der Waals surface area contributed by atoms with Crippen LogP contribution in [0.15, 0.2) is 53.4 Å². The van der Waals surface area contributed by atoms with Crippen molar-refractivity contribution in [1.29, 1.82) is 0 Å². The third-order valence-electron chi connectivity index (χ3n) is 3.80. The molecule has 0 heterocycles. The van der Waals surface area contributed by atoms with Crippen molar-refractivity contribution in [3.63, 3.8) is 0 Å². The Morgan fingerprint density at radius 1 is 1.10 bits per heavy atom. The van der Waals surface area contributed by atoms with Gasteiger partial charge >= 0.3 is 5.97 Å². The van der Waals surface area contributed by atoms with Gasteiger partial charge in [-0.2, -0.15) is 0 Å². The second-order valence-corrected chi connectivity index (χ2v) is 7.20. The minimum atomic E-state index is -0.922. The second-order valence-electron chi connectivity index (χ2n) is 6.18. The highest BCUT2D eigenvalue weighted by Crippen LogP contribution is 2.24. The number of rotatable bonds is 9. The van der Waals surface area contributed by atoms with E-state index in [9.17, 15) is 18.8 Å². The van der Waals surface area contributed by atoms with Gasteiger partial charge in [0.15, 0.2) is 6.10 Å². The molecule has 29 heavy (non-hydrogen) atoms. The molecule has 6 nitrogen and oxygen atoms in total. The number of hydrogen-bond acceptors (Lipinski definition) is 5. The highest BCUT2D eigenvalue weighted by Gasteiger charge is 2.20. The van der Waals surface area contributed by atoms with E-state index < -0.39 is 12.1 Å². The van der Waals surface area contributed by atoms with Crippen molar-refractivity contribution >= 4 is 35.2 Å². The van der Waals surface area contributed by atoms with Crippen molar-refractivity contribution in [3.8, 4) is 0 Å². The molecule has 0 radical (unpaired) electrons. The average molecular weight is 418 g/mol. The summed E-state index contributed by atoms with van der Waals surface area (Å²) in [6.45, 7) is 3.95. The molecule has 0 saturated carbocycles. The van der Waals surface area contributed by atoms with Crippen molar-refractivity contribution in [2.24, 2.45) is 0 Å². The molecule has 2 rings (SSSR count). The molecule has 154 valence electrons. The summed E-state index contributed by atoms with van der Waals surface area (Å²) in [4.78, 5) is 37.1. The van der Waals surface area contributed by atoms with Crippen LogP contribution in [0.1, 0.15) is 30.6 Å². The largest absolute Gasteiger partial charge is 0.449 e. The van der Waals surface area contributed by atoms with Crippen molar-refractivity contribution in [3.05, 3.63) is 59.9 Å². The van der Waals surface area contributed by atoms with Crippen LogP contribution in [0.4, 0.5) is 10.1 Å². The summed E-state index contributed by atoms with van der Waals surface area (Å²) in [5, 5.41) is 5.33. The number of nitrogens with one attached hydrogen (secondary N) is 2. The fourth-order valence-corrected chi connectivity index (χ4v) is 3.14. The van der Waals surface area contributed by atoms with Crippen LogP contribution in [-0.2, 0) is 14.3 Å². The molecule has 0 spiro atoms. The molecule has 0 saturated heterocycles. The molecule has 1 atom stereocenters. The number of esters is 1. The van der Waals surface area contributed by atoms with Gasteiger partial charge in [0, 0.05) is 17.1 Å². The second kappa shape index (κ2) is 11.2. The van der Waals surface area contributed by atoms with Gasteiger partial charge in [-0.1, -0.05) is 19.1 Å². The molecule has 2 aromatic carbocycles. The molecule has 0 aliphatic carbocycles. The first-order chi connectivity index (χ1) is 13.9. The summed E-state index contributed by atoms with van der Waals surface area (Å²) in [7, 11) is 0. The van der Waals surface area contributed by atoms with Gasteiger partial charge in [-0.3, -0.25) is 9.59 Å². The number of carbonyl (C=O) groups excluding carboxylic acids is 3. The molecule has 8 heteroatoms. The van der Waals surface area contributed by atoms with Gasteiger partial charge in [-0.25, -0.2) is 9.18 Å². The summed E-state index contributed by atoms with van der Waals surface area (Å²) >= 11 is 1.17. The molecule has 0 aliphatic rings. The lowest BCUT2D eigenvalue weighted by Gasteiger charge is -2.14. The SMILES string of the molecule is CCCNC(=O)[C@@H](C)OC(=O)c1ccccc1SCC(=O)Nc1ccc(F)cc1. The van der Waals surface area contributed by atoms with Crippen LogP contribution < -0.4 is 10.6 Å². The zero-order valence-electron chi connectivity index (χ0n) is 16.2. The maximum atomic E-state index is 12.9. The topological polar surface area (TPSA) is 84.5 Å². The Kier molecular flexibility index (Phi) is 8.67. The highest BCUT2D eigenvalue weighted by atomic mass is 32.2. The summed E-state index contributed by atoms with van der Waals surface area (Å²) in [5.41, 5.74) is 0.763. The van der Waals surface area contributed by atoms with E-state index in [4.69, 9.17) is 4.74 Å². The molecule has 0 aromatic heterocycles. The van der Waals surface area contributed by atoms with E-state index in [0.717, 1.165) is 6.42 Å². The van der Waals surface area contributed by atoms with E-state index in [1.165, 1.54) is 43.0 Å². The summed E-state index contributed by atoms with van der Waals surface area (Å²) < 4.78 is 18.2. The first-order valence-corrected chi connectivity index (χ1v) is 10.1. The minimum absolute atomic E-state index is 0.0498. The lowest BCUT2D eigenvalue weighted by atomic mass is 10.2. The number of thioether (sulfide) groups is 1. The van der Waals surface area contributed by atoms with Gasteiger partial charge in [-0.05, 0) is 49.7 Å². The lowest BCUT2D eigenvalue weighted by molar-refractivity contribution is -0.129. The van der Waals surface area contributed by atoms with Crippen molar-refractivity contribution < 1.29 is 23.5 Å². The van der Waals surface area contributed by atoms with Crippen LogP contribution in [0.2, 0.25) is 0 Å². The number of benzene rings is 2. The summed E-state index contributed by atoms with van der Waals surface area (Å²) in [6.07, 6.45) is -0.139. The third-order valence-corrected chi connectivity index (χ3v) is 4.87. The number of halogens is 1. The van der Waals surface area contributed by atoms with E-state index >= 15 is 0 Å². The van der Waals surface area contributed by atoms with Crippen LogP contribution in [0, 0.1) is 5.82 Å². The van der Waals surface area contributed by atoms with Crippen LogP contribution in [-0.4, -0.2) is 36.2 Å². The number of ether oxygens (including phenoxy) is 1. The molecular weight excluding hydrogens is 395 g/mol. The molecule has 0 bridgehead atoms. The van der Waals surface area contributed by atoms with Crippen LogP contribution in [0.3, 0.4) is 0 Å². The van der Waals surface area contributed by atoms with Crippen molar-refractivity contribution in [2.75, 3.05) is 17.6 Å². The fraction of sp³-hybridized carbons (Fsp3) is 0.286. The Bertz CT molecular complexity index is 858. The first-order valence-electron chi connectivity index (χ1n) is 9.16. The fourth-order valence-electron chi connectivity index (χ4n) is 2.30. The number of carbonyl (C=O) groups is 3. The normalized spacial score (nSPS) is 11.4. The van der Waals surface area contributed by atoms with Gasteiger partial charge in [0.2, 0.25) is 5.91 Å². The van der Waals surface area contributed by atoms with Gasteiger partial charge in [-0.15, -0.1) is 11.8 Å². The Morgan fingerprint density at radius 3 is 2.48 bits per heavy atom. The standard InChI is InChI=1S/C21H23FN2O4S/c1-3-12-23-20(26)14(2)28-21(27)17-6-4-5-7-18(17)29-13-19(25)24-16-10-8-15(22)9-11-16/h4-11,14H,3,12-13H2,1-2H3,(H,23,26)(H,24,25)/t14-/m1/s1. The highest BCUT2D eigenvalue weighted by molar-refractivity contribution is 8.00. The van der Waals surface area contributed by atoms with Gasteiger partial charge in [0.05, 0.1) is 11.3 Å². The van der Waals surface area contributed by atoms with Gasteiger partial charge in [0.25, 0.3) is 5.91 Å². The maximum Gasteiger partial charge on any atom is 0.340 e. The number of hydrogen-bond donors (Lipinski definition) is 2. The number of anilines is 1. The first kappa shape index (κ1) is 22.4. The van der Waals surface area contributed by atoms with E-state index in [-0.39, 0.29) is 28.9 Å². The minimum Gasteiger partial charge on any atom is -0.449 e. The Labute approximate surface area is 173 Å². The predicted molar refractivity (Wildman–Crippen MR) is 110 cm³/mol. The molecule has 2 aromatic rings. The molecule has 0 aliphatic heterocycles. The summed E-state index contributed by atoms with van der Waals surface area (Å²) in [6, 6.07) is 12.2. The van der Waals surface area contributed by atoms with Crippen molar-refractivity contribution in [1.82, 2.24) is 5.32 Å². The molecule has 2 amide bonds. The number of amides is 2. The zero-order chi connectivity index (χ0) is 21.2. The molecule has 2 N–H and O–H groups in total. The molecule has 0 unspecified atom stereocenters. The predicted octanol–water partition coefficient (Wildman–Crippen LogP) is 3.63. The van der Waals surface area contributed by atoms with Crippen LogP contribution in [0.5, 0.6) is 0 Å². The zero-order valence-corrected chi connectivity index (χ0v) is 17.1. The molecular formula is C21H23FN2O4S. The van der Waals surface area contributed by atoms with Gasteiger partial charge in [0.1, 0.15) is 5.82 Å². The molecule has 0 fully saturated rings. The van der Waals surface area contributed by atoms with E-state index in [1.807, 2.05) is 6.92 Å². The van der Waals surface area contributed by atoms with Crippen LogP contribution in [0.25, 0.3) is 0 Å². The smallest absolute Gasteiger partial charge is 0.340 e. The average Bonchev–Trinajstić information content (AvgIpc) is 2.72. The van der Waals surface area contributed by atoms with Gasteiger partial charge < -0.3 is 15.4 Å². The Balaban J connectivity index is 1.95. The lowest BCUT2D eigenvalue weighted by Crippen LogP contribution is -2.36. The van der Waals surface area contributed by atoms with E-state index in [1.54, 1.807) is 24.3 Å². The quantitative estimate of drug-likeness (QED) is 0.480. The monoisotopic (exact) mass is 418 g/mol. The third kappa shape index (κ3) is 7.23. The van der Waals surface area contributed by atoms with Crippen LogP contribution >= 0.6 is 11.8 Å². The Morgan fingerprint density at radius 2 is 1.79 bits per heavy atom. The maximum absolute atomic E-state index is 12.9. The Hall–Kier alpha value is -2.87. The van der Waals surface area contributed by atoms with Crippen molar-refractivity contribution in [2.45, 2.75) is 31.3 Å². The van der Waals surface area contributed by atoms with E-state index in [0.29, 0.717) is 17.1 Å².